The summed E-state index contributed by atoms with van der Waals surface area (Å²) in [5.41, 5.74) is 1.22. The lowest BCUT2D eigenvalue weighted by molar-refractivity contribution is 0.414. The van der Waals surface area contributed by atoms with Gasteiger partial charge in [-0.15, -0.1) is 19.0 Å². The van der Waals surface area contributed by atoms with E-state index in [1.54, 1.807) is 7.11 Å². The molecule has 1 aromatic rings. The molecule has 0 saturated heterocycles. The average Bonchev–Trinajstić information content (AvgIpc) is 2.19. The zero-order valence-corrected chi connectivity index (χ0v) is 9.14. The van der Waals surface area contributed by atoms with Crippen LogP contribution in [-0.2, 0) is 6.54 Å². The first-order valence-corrected chi connectivity index (χ1v) is 4.31. The molecule has 0 aliphatic carbocycles. The van der Waals surface area contributed by atoms with E-state index in [2.05, 4.69) is 18.0 Å². The van der Waals surface area contributed by atoms with Gasteiger partial charge in [0.25, 0.3) is 0 Å². The van der Waals surface area contributed by atoms with Gasteiger partial charge in [0.05, 0.1) is 7.11 Å². The molecule has 0 saturated carbocycles. The predicted octanol–water partition coefficient (Wildman–Crippen LogP) is 2.39. The minimum atomic E-state index is 0. The van der Waals surface area contributed by atoms with E-state index in [0.29, 0.717) is 0 Å². The predicted molar refractivity (Wildman–Crippen MR) is 62.1 cm³/mol. The third kappa shape index (κ3) is 4.30. The first-order valence-electron chi connectivity index (χ1n) is 4.31. The lowest BCUT2D eigenvalue weighted by Gasteiger charge is -2.04. The summed E-state index contributed by atoms with van der Waals surface area (Å²) in [7, 11) is 1.68. The molecule has 0 aliphatic rings. The highest BCUT2D eigenvalue weighted by Gasteiger charge is 1.93. The van der Waals surface area contributed by atoms with Gasteiger partial charge >= 0.3 is 0 Å². The van der Waals surface area contributed by atoms with Gasteiger partial charge in [0.15, 0.2) is 0 Å². The fraction of sp³-hybridized carbons (Fsp3) is 0.273. The number of ether oxygens (including phenoxy) is 1. The second-order valence-corrected chi connectivity index (χ2v) is 2.77. The van der Waals surface area contributed by atoms with Crippen molar-refractivity contribution in [3.8, 4) is 5.75 Å². The maximum Gasteiger partial charge on any atom is 0.119 e. The highest BCUT2D eigenvalue weighted by atomic mass is 35.5. The molecule has 0 aromatic heterocycles. The zero-order valence-electron chi connectivity index (χ0n) is 8.32. The topological polar surface area (TPSA) is 21.3 Å². The molecule has 1 rings (SSSR count). The number of rotatable bonds is 5. The maximum atomic E-state index is 5.11. The van der Waals surface area contributed by atoms with Crippen molar-refractivity contribution in [2.75, 3.05) is 13.7 Å². The number of methoxy groups -OCH3 is 1. The van der Waals surface area contributed by atoms with Gasteiger partial charge < -0.3 is 10.1 Å². The van der Waals surface area contributed by atoms with Gasteiger partial charge in [-0.05, 0) is 17.7 Å². The fourth-order valence-corrected chi connectivity index (χ4v) is 1.10. The lowest BCUT2D eigenvalue weighted by Crippen LogP contribution is -2.12. The molecule has 78 valence electrons. The van der Waals surface area contributed by atoms with Crippen molar-refractivity contribution in [3.05, 3.63) is 42.5 Å². The Bertz CT molecular complexity index is 276. The summed E-state index contributed by atoms with van der Waals surface area (Å²) in [6, 6.07) is 8.02. The summed E-state index contributed by atoms with van der Waals surface area (Å²) in [6.45, 7) is 5.32. The van der Waals surface area contributed by atoms with E-state index in [1.165, 1.54) is 5.56 Å². The van der Waals surface area contributed by atoms with E-state index in [0.717, 1.165) is 18.8 Å². The Balaban J connectivity index is 0.00000169. The van der Waals surface area contributed by atoms with Crippen LogP contribution in [0.4, 0.5) is 0 Å². The molecule has 0 bridgehead atoms. The SMILES string of the molecule is C=CCNCc1cccc(OC)c1.Cl. The lowest BCUT2D eigenvalue weighted by atomic mass is 10.2. The van der Waals surface area contributed by atoms with Crippen LogP contribution in [0.3, 0.4) is 0 Å². The molecule has 1 N–H and O–H groups in total. The Morgan fingerprint density at radius 2 is 2.29 bits per heavy atom. The largest absolute Gasteiger partial charge is 0.497 e. The quantitative estimate of drug-likeness (QED) is 0.599. The summed E-state index contributed by atoms with van der Waals surface area (Å²) in [5.74, 6) is 0.901. The number of halogens is 1. The molecule has 1 aromatic carbocycles. The van der Waals surface area contributed by atoms with E-state index < -0.39 is 0 Å². The van der Waals surface area contributed by atoms with Gasteiger partial charge in [0.1, 0.15) is 5.75 Å². The Morgan fingerprint density at radius 3 is 2.93 bits per heavy atom. The summed E-state index contributed by atoms with van der Waals surface area (Å²) >= 11 is 0. The Labute approximate surface area is 91.4 Å². The van der Waals surface area contributed by atoms with E-state index in [9.17, 15) is 0 Å². The van der Waals surface area contributed by atoms with Crippen molar-refractivity contribution < 1.29 is 4.74 Å². The van der Waals surface area contributed by atoms with Crippen LogP contribution in [-0.4, -0.2) is 13.7 Å². The molecule has 14 heavy (non-hydrogen) atoms. The van der Waals surface area contributed by atoms with Crippen LogP contribution in [0.5, 0.6) is 5.75 Å². The molecule has 2 nitrogen and oxygen atoms in total. The second-order valence-electron chi connectivity index (χ2n) is 2.77. The van der Waals surface area contributed by atoms with Gasteiger partial charge in [-0.25, -0.2) is 0 Å². The van der Waals surface area contributed by atoms with Crippen LogP contribution in [0.25, 0.3) is 0 Å². The van der Waals surface area contributed by atoms with E-state index >= 15 is 0 Å². The number of hydrogen-bond donors (Lipinski definition) is 1. The molecule has 0 heterocycles. The second kappa shape index (κ2) is 7.42. The fourth-order valence-electron chi connectivity index (χ4n) is 1.10. The first-order chi connectivity index (χ1) is 6.36. The van der Waals surface area contributed by atoms with Gasteiger partial charge in [0.2, 0.25) is 0 Å². The highest BCUT2D eigenvalue weighted by Crippen LogP contribution is 2.11. The molecule has 0 spiro atoms. The number of hydrogen-bond acceptors (Lipinski definition) is 2. The van der Waals surface area contributed by atoms with Gasteiger partial charge in [-0.1, -0.05) is 18.2 Å². The smallest absolute Gasteiger partial charge is 0.119 e. The van der Waals surface area contributed by atoms with E-state index in [4.69, 9.17) is 4.74 Å². The molecule has 0 unspecified atom stereocenters. The standard InChI is InChI=1S/C11H15NO.ClH/c1-3-7-12-9-10-5-4-6-11(8-10)13-2;/h3-6,8,12H,1,7,9H2,2H3;1H. The number of benzene rings is 1. The molecular formula is C11H16ClNO. The molecule has 0 aliphatic heterocycles. The number of nitrogens with one attached hydrogen (secondary N) is 1. The Morgan fingerprint density at radius 1 is 1.50 bits per heavy atom. The van der Waals surface area contributed by atoms with Crippen molar-refractivity contribution in [1.29, 1.82) is 0 Å². The normalized spacial score (nSPS) is 8.93. The summed E-state index contributed by atoms with van der Waals surface area (Å²) in [4.78, 5) is 0. The molecular weight excluding hydrogens is 198 g/mol. The van der Waals surface area contributed by atoms with Gasteiger partial charge in [-0.2, -0.15) is 0 Å². The van der Waals surface area contributed by atoms with E-state index in [-0.39, 0.29) is 12.4 Å². The molecule has 0 fully saturated rings. The third-order valence-electron chi connectivity index (χ3n) is 1.75. The summed E-state index contributed by atoms with van der Waals surface area (Å²) < 4.78 is 5.11. The van der Waals surface area contributed by atoms with Crippen LogP contribution in [0, 0.1) is 0 Å². The van der Waals surface area contributed by atoms with E-state index in [1.807, 2.05) is 24.3 Å². The van der Waals surface area contributed by atoms with Gasteiger partial charge in [-0.3, -0.25) is 0 Å². The van der Waals surface area contributed by atoms with Crippen molar-refractivity contribution in [2.45, 2.75) is 6.54 Å². The van der Waals surface area contributed by atoms with Crippen LogP contribution in [0.15, 0.2) is 36.9 Å². The minimum absolute atomic E-state index is 0. The first kappa shape index (κ1) is 13.0. The van der Waals surface area contributed by atoms with Gasteiger partial charge in [0, 0.05) is 13.1 Å². The van der Waals surface area contributed by atoms with Crippen LogP contribution in [0.2, 0.25) is 0 Å². The summed E-state index contributed by atoms with van der Waals surface area (Å²) in [5, 5.41) is 3.23. The maximum absolute atomic E-state index is 5.11. The monoisotopic (exact) mass is 213 g/mol. The highest BCUT2D eigenvalue weighted by molar-refractivity contribution is 5.85. The van der Waals surface area contributed by atoms with Crippen molar-refractivity contribution in [2.24, 2.45) is 0 Å². The third-order valence-corrected chi connectivity index (χ3v) is 1.75. The van der Waals surface area contributed by atoms with Crippen LogP contribution >= 0.6 is 12.4 Å². The average molecular weight is 214 g/mol. The summed E-state index contributed by atoms with van der Waals surface area (Å²) in [6.07, 6.45) is 1.85. The van der Waals surface area contributed by atoms with Crippen molar-refractivity contribution in [1.82, 2.24) is 5.32 Å². The zero-order chi connectivity index (χ0) is 9.52. The Hall–Kier alpha value is -0.990. The van der Waals surface area contributed by atoms with Crippen molar-refractivity contribution in [3.63, 3.8) is 0 Å². The van der Waals surface area contributed by atoms with Crippen LogP contribution in [0.1, 0.15) is 5.56 Å². The van der Waals surface area contributed by atoms with Crippen molar-refractivity contribution >= 4 is 12.4 Å². The molecule has 0 atom stereocenters. The molecule has 0 radical (unpaired) electrons. The molecule has 3 heteroatoms. The Kier molecular flexibility index (Phi) is 6.89. The molecule has 0 amide bonds. The minimum Gasteiger partial charge on any atom is -0.497 e. The van der Waals surface area contributed by atoms with Crippen LogP contribution < -0.4 is 10.1 Å².